The van der Waals surface area contributed by atoms with Crippen LogP contribution in [0.5, 0.6) is 0 Å². The van der Waals surface area contributed by atoms with Crippen molar-refractivity contribution in [1.82, 2.24) is 0 Å². The van der Waals surface area contributed by atoms with Crippen LogP contribution in [0.2, 0.25) is 6.04 Å². The van der Waals surface area contributed by atoms with E-state index in [2.05, 4.69) is 0 Å². The summed E-state index contributed by atoms with van der Waals surface area (Å²) >= 11 is 0. The molecule has 4 nitrogen and oxygen atoms in total. The molecule has 1 unspecified atom stereocenters. The van der Waals surface area contributed by atoms with E-state index in [1.54, 1.807) is 0 Å². The summed E-state index contributed by atoms with van der Waals surface area (Å²) in [5, 5.41) is 0. The molecule has 0 spiro atoms. The number of ether oxygens (including phenoxy) is 1. The van der Waals surface area contributed by atoms with Gasteiger partial charge in [-0.05, 0) is 27.2 Å². The third-order valence-corrected chi connectivity index (χ3v) is 5.35. The monoisotopic (exact) mass is 234 g/mol. The molecule has 1 aliphatic rings. The Morgan fingerprint density at radius 3 is 1.87 bits per heavy atom. The molecule has 0 bridgehead atoms. The molecule has 0 aromatic carbocycles. The summed E-state index contributed by atoms with van der Waals surface area (Å²) in [4.78, 5) is 0. The minimum Gasteiger partial charge on any atom is -0.374 e. The second-order valence-corrected chi connectivity index (χ2v) is 6.21. The largest absolute Gasteiger partial charge is 0.501 e. The third-order valence-electron chi connectivity index (χ3n) is 2.27. The summed E-state index contributed by atoms with van der Waals surface area (Å²) in [7, 11) is -2.40. The van der Waals surface area contributed by atoms with Gasteiger partial charge >= 0.3 is 8.80 Å². The van der Waals surface area contributed by atoms with E-state index in [1.165, 1.54) is 0 Å². The maximum atomic E-state index is 5.73. The first kappa shape index (κ1) is 13.1. The van der Waals surface area contributed by atoms with Gasteiger partial charge in [-0.3, -0.25) is 0 Å². The molecule has 1 fully saturated rings. The van der Waals surface area contributed by atoms with Gasteiger partial charge in [0, 0.05) is 25.9 Å². The van der Waals surface area contributed by atoms with Crippen molar-refractivity contribution >= 4 is 8.80 Å². The van der Waals surface area contributed by atoms with E-state index in [0.717, 1.165) is 19.1 Å². The van der Waals surface area contributed by atoms with Gasteiger partial charge < -0.3 is 18.0 Å². The van der Waals surface area contributed by atoms with E-state index in [1.807, 2.05) is 20.8 Å². The van der Waals surface area contributed by atoms with Crippen LogP contribution in [0.15, 0.2) is 0 Å². The fourth-order valence-corrected chi connectivity index (χ4v) is 4.25. The highest BCUT2D eigenvalue weighted by atomic mass is 28.4. The van der Waals surface area contributed by atoms with E-state index in [-0.39, 0.29) is 0 Å². The van der Waals surface area contributed by atoms with Crippen LogP contribution >= 0.6 is 0 Å². The third kappa shape index (κ3) is 4.61. The molecule has 1 saturated heterocycles. The first-order valence-electron chi connectivity index (χ1n) is 5.79. The molecule has 1 aliphatic heterocycles. The Balaban J connectivity index is 2.43. The molecule has 1 rings (SSSR count). The van der Waals surface area contributed by atoms with E-state index in [0.29, 0.717) is 25.9 Å². The van der Waals surface area contributed by atoms with Crippen LogP contribution in [-0.2, 0) is 18.0 Å². The van der Waals surface area contributed by atoms with Gasteiger partial charge in [-0.1, -0.05) is 0 Å². The van der Waals surface area contributed by atoms with Gasteiger partial charge in [0.2, 0.25) is 0 Å². The standard InChI is InChI=1S/C10H22O4Si/c1-4-12-15(13-5-2,14-6-3)8-7-10-9-11-10/h10H,4-9H2,1-3H3. The predicted octanol–water partition coefficient (Wildman–Crippen LogP) is 1.82. The highest BCUT2D eigenvalue weighted by molar-refractivity contribution is 6.60. The quantitative estimate of drug-likeness (QED) is 0.451. The summed E-state index contributed by atoms with van der Waals surface area (Å²) in [5.74, 6) is 0. The lowest BCUT2D eigenvalue weighted by atomic mass is 10.4. The second-order valence-electron chi connectivity index (χ2n) is 3.48. The Hall–Kier alpha value is 0.0569. The van der Waals surface area contributed by atoms with Crippen molar-refractivity contribution in [2.24, 2.45) is 0 Å². The lowest BCUT2D eigenvalue weighted by Crippen LogP contribution is -2.46. The number of hydrogen-bond donors (Lipinski definition) is 0. The number of rotatable bonds is 9. The first-order chi connectivity index (χ1) is 7.26. The van der Waals surface area contributed by atoms with Crippen LogP contribution in [0.25, 0.3) is 0 Å². The number of hydrogen-bond acceptors (Lipinski definition) is 4. The van der Waals surface area contributed by atoms with Gasteiger partial charge in [0.05, 0.1) is 12.7 Å². The molecule has 0 saturated carbocycles. The normalized spacial score (nSPS) is 20.6. The molecular formula is C10H22O4Si. The topological polar surface area (TPSA) is 40.2 Å². The van der Waals surface area contributed by atoms with Crippen LogP contribution in [-0.4, -0.2) is 41.3 Å². The maximum Gasteiger partial charge on any atom is 0.501 e. The van der Waals surface area contributed by atoms with Crippen molar-refractivity contribution in [3.05, 3.63) is 0 Å². The summed E-state index contributed by atoms with van der Waals surface area (Å²) < 4.78 is 22.4. The van der Waals surface area contributed by atoms with E-state index in [9.17, 15) is 0 Å². The average Bonchev–Trinajstić information content (AvgIpc) is 2.99. The Labute approximate surface area is 93.2 Å². The molecule has 0 aromatic heterocycles. The minimum absolute atomic E-state index is 0.415. The highest BCUT2D eigenvalue weighted by Gasteiger charge is 2.42. The van der Waals surface area contributed by atoms with Crippen LogP contribution in [0.1, 0.15) is 27.2 Å². The Bertz CT molecular complexity index is 156. The molecule has 1 atom stereocenters. The Morgan fingerprint density at radius 1 is 1.07 bits per heavy atom. The van der Waals surface area contributed by atoms with Crippen LogP contribution in [0.3, 0.4) is 0 Å². The Kier molecular flexibility index (Phi) is 5.77. The van der Waals surface area contributed by atoms with Gasteiger partial charge in [0.15, 0.2) is 0 Å². The van der Waals surface area contributed by atoms with E-state index < -0.39 is 8.80 Å². The predicted molar refractivity (Wildman–Crippen MR) is 59.8 cm³/mol. The van der Waals surface area contributed by atoms with Crippen molar-refractivity contribution in [2.75, 3.05) is 26.4 Å². The molecule has 5 heteroatoms. The smallest absolute Gasteiger partial charge is 0.374 e. The van der Waals surface area contributed by atoms with Crippen molar-refractivity contribution < 1.29 is 18.0 Å². The zero-order valence-corrected chi connectivity index (χ0v) is 11.0. The van der Waals surface area contributed by atoms with Crippen molar-refractivity contribution in [3.63, 3.8) is 0 Å². The molecule has 0 radical (unpaired) electrons. The molecule has 1 heterocycles. The van der Waals surface area contributed by atoms with Crippen molar-refractivity contribution in [2.45, 2.75) is 39.3 Å². The summed E-state index contributed by atoms with van der Waals surface area (Å²) in [6, 6.07) is 0.868. The van der Waals surface area contributed by atoms with E-state index in [4.69, 9.17) is 18.0 Å². The first-order valence-corrected chi connectivity index (χ1v) is 7.73. The average molecular weight is 234 g/mol. The molecule has 0 amide bonds. The van der Waals surface area contributed by atoms with Crippen molar-refractivity contribution in [3.8, 4) is 0 Å². The molecular weight excluding hydrogens is 212 g/mol. The lowest BCUT2D eigenvalue weighted by Gasteiger charge is -2.28. The molecule has 15 heavy (non-hydrogen) atoms. The minimum atomic E-state index is -2.40. The fraction of sp³-hybridized carbons (Fsp3) is 1.00. The number of epoxide rings is 1. The van der Waals surface area contributed by atoms with Gasteiger partial charge in [-0.2, -0.15) is 0 Å². The zero-order valence-electron chi connectivity index (χ0n) is 9.95. The maximum absolute atomic E-state index is 5.73. The van der Waals surface area contributed by atoms with Gasteiger partial charge in [0.25, 0.3) is 0 Å². The second kappa shape index (κ2) is 6.60. The van der Waals surface area contributed by atoms with Gasteiger partial charge in [0.1, 0.15) is 0 Å². The van der Waals surface area contributed by atoms with E-state index >= 15 is 0 Å². The lowest BCUT2D eigenvalue weighted by molar-refractivity contribution is 0.0702. The zero-order chi connectivity index (χ0) is 11.1. The Morgan fingerprint density at radius 2 is 1.53 bits per heavy atom. The van der Waals surface area contributed by atoms with Crippen molar-refractivity contribution in [1.29, 1.82) is 0 Å². The molecule has 0 aromatic rings. The van der Waals surface area contributed by atoms with Gasteiger partial charge in [-0.15, -0.1) is 0 Å². The summed E-state index contributed by atoms with van der Waals surface area (Å²) in [6.07, 6.45) is 1.41. The van der Waals surface area contributed by atoms with Crippen LogP contribution in [0.4, 0.5) is 0 Å². The fourth-order valence-electron chi connectivity index (χ4n) is 1.57. The molecule has 90 valence electrons. The summed E-state index contributed by atoms with van der Waals surface area (Å²) in [6.45, 7) is 8.77. The molecule has 0 aliphatic carbocycles. The van der Waals surface area contributed by atoms with Gasteiger partial charge in [-0.25, -0.2) is 0 Å². The van der Waals surface area contributed by atoms with Crippen LogP contribution in [0, 0.1) is 0 Å². The molecule has 0 N–H and O–H groups in total. The summed E-state index contributed by atoms with van der Waals surface area (Å²) in [5.41, 5.74) is 0. The highest BCUT2D eigenvalue weighted by Crippen LogP contribution is 2.24. The van der Waals surface area contributed by atoms with Crippen LogP contribution < -0.4 is 0 Å². The SMILES string of the molecule is CCO[Si](CCC1CO1)(OCC)OCC.